The average molecular weight is 694 g/mol. The largest absolute Gasteiger partial charge is 0.508 e. The van der Waals surface area contributed by atoms with Gasteiger partial charge in [-0.2, -0.15) is 9.97 Å². The second-order valence-corrected chi connectivity index (χ2v) is 14.5. The lowest BCUT2D eigenvalue weighted by Gasteiger charge is -2.31. The summed E-state index contributed by atoms with van der Waals surface area (Å²) in [5.41, 5.74) is 1.57. The van der Waals surface area contributed by atoms with Crippen molar-refractivity contribution in [2.75, 3.05) is 51.8 Å². The first-order valence-corrected chi connectivity index (χ1v) is 17.7. The van der Waals surface area contributed by atoms with Crippen molar-refractivity contribution in [2.45, 2.75) is 76.7 Å². The number of hydrogen-bond donors (Lipinski definition) is 1. The van der Waals surface area contributed by atoms with E-state index in [1.165, 1.54) is 23.1 Å². The Hall–Kier alpha value is -3.76. The molecule has 0 spiro atoms. The molecule has 2 aliphatic heterocycles. The predicted octanol–water partition coefficient (Wildman–Crippen LogP) is 8.02. The van der Waals surface area contributed by atoms with Gasteiger partial charge in [0.1, 0.15) is 29.5 Å². The lowest BCUT2D eigenvalue weighted by atomic mass is 9.94. The molecule has 1 N–H and O–H groups in total. The number of anilines is 1. The van der Waals surface area contributed by atoms with E-state index in [4.69, 9.17) is 21.3 Å². The molecule has 0 radical (unpaired) electrons. The maximum Gasteiger partial charge on any atom is 0.319 e. The Balaban J connectivity index is 1.49. The van der Waals surface area contributed by atoms with Gasteiger partial charge in [-0.3, -0.25) is 9.69 Å². The highest BCUT2D eigenvalue weighted by Gasteiger charge is 2.45. The van der Waals surface area contributed by atoms with Gasteiger partial charge >= 0.3 is 6.01 Å². The van der Waals surface area contributed by atoms with Crippen LogP contribution in [0.15, 0.2) is 42.0 Å². The SMILES string of the molecule is C=C(/C=C(\C)CN(CCCC)c1nc(OCC23CCCN2CCC3)nc2c(F)c(-c3cc(O)cc(Cl)c3C3CC3)c(F)cc12)C(=O)N(C)C. The minimum Gasteiger partial charge on any atom is -0.508 e. The normalized spacial score (nSPS) is 17.4. The smallest absolute Gasteiger partial charge is 0.319 e. The van der Waals surface area contributed by atoms with Crippen molar-refractivity contribution < 1.29 is 23.4 Å². The van der Waals surface area contributed by atoms with Gasteiger partial charge in [-0.1, -0.05) is 37.1 Å². The molecular formula is C38H46ClF2N5O3. The molecule has 1 aromatic heterocycles. The summed E-state index contributed by atoms with van der Waals surface area (Å²) in [5.74, 6) is -1.63. The summed E-state index contributed by atoms with van der Waals surface area (Å²) in [6, 6.07) is 4.10. The van der Waals surface area contributed by atoms with E-state index >= 15 is 8.78 Å². The second-order valence-electron chi connectivity index (χ2n) is 14.1. The van der Waals surface area contributed by atoms with Crippen molar-refractivity contribution in [2.24, 2.45) is 0 Å². The standard InChI is InChI=1S/C38H46ClF2N5O3/c1-6-7-14-45(21-23(2)17-24(3)36(48)44(4)5)35-28-20-30(40)32(27-18-26(47)19-29(39)31(27)25-10-11-25)33(41)34(28)42-37(43-35)49-22-38-12-8-15-46(38)16-9-13-38/h17-20,25,47H,3,6-16,21-22H2,1-2,4-5H3/b23-17+. The molecule has 1 aliphatic carbocycles. The fourth-order valence-electron chi connectivity index (χ4n) is 7.57. The fourth-order valence-corrected chi connectivity index (χ4v) is 7.94. The van der Waals surface area contributed by atoms with Gasteiger partial charge in [-0.05, 0) is 106 Å². The van der Waals surface area contributed by atoms with Crippen molar-refractivity contribution in [1.82, 2.24) is 19.8 Å². The lowest BCUT2D eigenvalue weighted by molar-refractivity contribution is -0.124. The third kappa shape index (κ3) is 7.13. The predicted molar refractivity (Wildman–Crippen MR) is 191 cm³/mol. The van der Waals surface area contributed by atoms with Crippen molar-refractivity contribution in [3.63, 3.8) is 0 Å². The van der Waals surface area contributed by atoms with Crippen LogP contribution in [0.25, 0.3) is 22.0 Å². The molecule has 0 atom stereocenters. The number of likely N-dealkylation sites (N-methyl/N-ethyl adjacent to an activating group) is 1. The molecule has 3 aliphatic rings. The summed E-state index contributed by atoms with van der Waals surface area (Å²) in [6.07, 6.45) is 9.33. The van der Waals surface area contributed by atoms with Crippen molar-refractivity contribution in [3.8, 4) is 22.9 Å². The van der Waals surface area contributed by atoms with E-state index in [0.29, 0.717) is 36.7 Å². The topological polar surface area (TPSA) is 82.0 Å². The van der Waals surface area contributed by atoms with E-state index in [2.05, 4.69) is 23.4 Å². The molecule has 49 heavy (non-hydrogen) atoms. The summed E-state index contributed by atoms with van der Waals surface area (Å²) < 4.78 is 39.7. The molecule has 0 unspecified atom stereocenters. The average Bonchev–Trinajstić information content (AvgIpc) is 3.68. The Morgan fingerprint density at radius 1 is 1.18 bits per heavy atom. The van der Waals surface area contributed by atoms with Crippen LogP contribution in [0.5, 0.6) is 11.8 Å². The number of unbranched alkanes of at least 4 members (excludes halogenated alkanes) is 1. The van der Waals surface area contributed by atoms with E-state index in [1.54, 1.807) is 20.2 Å². The Bertz CT molecular complexity index is 1800. The molecule has 3 aromatic rings. The van der Waals surface area contributed by atoms with Crippen LogP contribution in [0.1, 0.15) is 76.7 Å². The second kappa shape index (κ2) is 14.2. The first-order chi connectivity index (χ1) is 23.4. The zero-order valence-corrected chi connectivity index (χ0v) is 29.7. The molecule has 3 heterocycles. The molecule has 0 bridgehead atoms. The van der Waals surface area contributed by atoms with Crippen LogP contribution in [-0.2, 0) is 4.79 Å². The number of carbonyl (C=O) groups is 1. The third-order valence-electron chi connectivity index (χ3n) is 10.1. The molecule has 262 valence electrons. The monoisotopic (exact) mass is 693 g/mol. The summed E-state index contributed by atoms with van der Waals surface area (Å²) >= 11 is 6.55. The van der Waals surface area contributed by atoms with Gasteiger partial charge in [0.25, 0.3) is 5.91 Å². The zero-order valence-electron chi connectivity index (χ0n) is 28.9. The first-order valence-electron chi connectivity index (χ1n) is 17.4. The number of phenolic OH excluding ortho intramolecular Hbond substituents is 1. The Morgan fingerprint density at radius 2 is 1.90 bits per heavy atom. The maximum atomic E-state index is 17.0. The van der Waals surface area contributed by atoms with E-state index < -0.39 is 11.6 Å². The Morgan fingerprint density at radius 3 is 2.55 bits per heavy atom. The van der Waals surface area contributed by atoms with Crippen molar-refractivity contribution in [1.29, 1.82) is 0 Å². The summed E-state index contributed by atoms with van der Waals surface area (Å²) in [7, 11) is 3.34. The maximum absolute atomic E-state index is 17.0. The first kappa shape index (κ1) is 35.1. The van der Waals surface area contributed by atoms with E-state index in [-0.39, 0.29) is 56.2 Å². The van der Waals surface area contributed by atoms with E-state index in [1.807, 2.05) is 11.8 Å². The highest BCUT2D eigenvalue weighted by atomic mass is 35.5. The van der Waals surface area contributed by atoms with Gasteiger partial charge in [0.05, 0.1) is 11.1 Å². The highest BCUT2D eigenvalue weighted by molar-refractivity contribution is 6.32. The lowest BCUT2D eigenvalue weighted by Crippen LogP contribution is -2.43. The van der Waals surface area contributed by atoms with E-state index in [9.17, 15) is 9.90 Å². The quantitative estimate of drug-likeness (QED) is 0.143. The number of amides is 1. The van der Waals surface area contributed by atoms with Gasteiger partial charge in [0, 0.05) is 43.2 Å². The fraction of sp³-hybridized carbons (Fsp3) is 0.500. The van der Waals surface area contributed by atoms with Crippen molar-refractivity contribution >= 4 is 34.2 Å². The third-order valence-corrected chi connectivity index (χ3v) is 10.4. The van der Waals surface area contributed by atoms with Gasteiger partial charge in [-0.25, -0.2) is 8.78 Å². The van der Waals surface area contributed by atoms with Crippen molar-refractivity contribution in [3.05, 3.63) is 64.2 Å². The van der Waals surface area contributed by atoms with Crippen LogP contribution in [0, 0.1) is 11.6 Å². The number of rotatable bonds is 13. The molecule has 2 saturated heterocycles. The van der Waals surface area contributed by atoms with Gasteiger partial charge in [0.2, 0.25) is 0 Å². The number of fused-ring (bicyclic) bond motifs is 2. The van der Waals surface area contributed by atoms with Crippen LogP contribution in [-0.4, -0.2) is 83.2 Å². The number of halogens is 3. The number of benzene rings is 2. The van der Waals surface area contributed by atoms with Crippen LogP contribution in [0.2, 0.25) is 5.02 Å². The zero-order chi connectivity index (χ0) is 35.0. The number of hydrogen-bond acceptors (Lipinski definition) is 7. The van der Waals surface area contributed by atoms with Crippen LogP contribution < -0.4 is 9.64 Å². The molecule has 6 rings (SSSR count). The number of aromatic nitrogens is 2. The molecule has 1 saturated carbocycles. The molecule has 3 fully saturated rings. The molecular weight excluding hydrogens is 648 g/mol. The Kier molecular flexibility index (Phi) is 10.2. The molecule has 11 heteroatoms. The minimum atomic E-state index is -0.860. The molecule has 1 amide bonds. The highest BCUT2D eigenvalue weighted by Crippen LogP contribution is 2.50. The van der Waals surface area contributed by atoms with Gasteiger partial charge < -0.3 is 19.6 Å². The molecule has 2 aromatic carbocycles. The number of carbonyl (C=O) groups excluding carboxylic acids is 1. The summed E-state index contributed by atoms with van der Waals surface area (Å²) in [4.78, 5) is 27.9. The van der Waals surface area contributed by atoms with Crippen LogP contribution in [0.4, 0.5) is 14.6 Å². The van der Waals surface area contributed by atoms with Gasteiger partial charge in [-0.15, -0.1) is 0 Å². The Labute approximate surface area is 292 Å². The number of ether oxygens (including phenoxy) is 1. The molecule has 8 nitrogen and oxygen atoms in total. The van der Waals surface area contributed by atoms with Crippen LogP contribution in [0.3, 0.4) is 0 Å². The summed E-state index contributed by atoms with van der Waals surface area (Å²) in [6.45, 7) is 11.2. The summed E-state index contributed by atoms with van der Waals surface area (Å²) in [5, 5.41) is 10.9. The number of phenols is 1. The number of aromatic hydroxyl groups is 1. The minimum absolute atomic E-state index is 0.0266. The number of nitrogens with zero attached hydrogens (tertiary/aromatic N) is 5. The van der Waals surface area contributed by atoms with Crippen LogP contribution >= 0.6 is 11.6 Å². The van der Waals surface area contributed by atoms with Gasteiger partial charge in [0.15, 0.2) is 5.82 Å². The van der Waals surface area contributed by atoms with E-state index in [0.717, 1.165) is 70.0 Å².